The summed E-state index contributed by atoms with van der Waals surface area (Å²) in [6.45, 7) is 3.25. The van der Waals surface area contributed by atoms with Crippen molar-refractivity contribution < 1.29 is 9.21 Å². The number of nitrogens with zero attached hydrogens (tertiary/aromatic N) is 1. The highest BCUT2D eigenvalue weighted by Crippen LogP contribution is 2.10. The van der Waals surface area contributed by atoms with Gasteiger partial charge in [0.05, 0.1) is 0 Å². The minimum Gasteiger partial charge on any atom is -0.456 e. The molecule has 4 heteroatoms. The second kappa shape index (κ2) is 5.56. The molecule has 2 N–H and O–H groups in total. The van der Waals surface area contributed by atoms with E-state index in [2.05, 4.69) is 0 Å². The van der Waals surface area contributed by atoms with Crippen molar-refractivity contribution in [1.29, 1.82) is 0 Å². The van der Waals surface area contributed by atoms with Gasteiger partial charge in [-0.2, -0.15) is 0 Å². The van der Waals surface area contributed by atoms with Crippen LogP contribution in [-0.4, -0.2) is 30.9 Å². The topological polar surface area (TPSA) is 59.5 Å². The van der Waals surface area contributed by atoms with E-state index in [1.54, 1.807) is 18.0 Å². The molecule has 0 aromatic carbocycles. The highest BCUT2D eigenvalue weighted by atomic mass is 16.4. The number of furan rings is 1. The Hall–Kier alpha value is -1.29. The van der Waals surface area contributed by atoms with Crippen molar-refractivity contribution in [2.45, 2.75) is 19.8 Å². The van der Waals surface area contributed by atoms with Gasteiger partial charge in [-0.3, -0.25) is 4.79 Å². The van der Waals surface area contributed by atoms with Crippen LogP contribution in [0.2, 0.25) is 0 Å². The van der Waals surface area contributed by atoms with Crippen molar-refractivity contribution in [3.63, 3.8) is 0 Å². The first-order chi connectivity index (χ1) is 7.19. The standard InChI is InChI=1S/C11H18N2O2/c1-3-9-5-6-10(15-9)11(14)13(2)8-4-7-12/h5-6H,3-4,7-8,12H2,1-2H3. The third-order valence-electron chi connectivity index (χ3n) is 2.27. The summed E-state index contributed by atoms with van der Waals surface area (Å²) in [5, 5.41) is 0. The molecular formula is C11H18N2O2. The molecule has 1 rings (SSSR count). The van der Waals surface area contributed by atoms with Gasteiger partial charge in [-0.1, -0.05) is 6.92 Å². The van der Waals surface area contributed by atoms with Crippen molar-refractivity contribution in [2.24, 2.45) is 5.73 Å². The van der Waals surface area contributed by atoms with Crippen molar-refractivity contribution in [2.75, 3.05) is 20.1 Å². The molecule has 1 heterocycles. The van der Waals surface area contributed by atoms with E-state index in [9.17, 15) is 4.79 Å². The van der Waals surface area contributed by atoms with E-state index in [4.69, 9.17) is 10.2 Å². The summed E-state index contributed by atoms with van der Waals surface area (Å²) in [5.41, 5.74) is 5.38. The molecule has 1 amide bonds. The predicted molar refractivity (Wildman–Crippen MR) is 58.7 cm³/mol. The summed E-state index contributed by atoms with van der Waals surface area (Å²) in [4.78, 5) is 13.4. The van der Waals surface area contributed by atoms with Gasteiger partial charge >= 0.3 is 0 Å². The van der Waals surface area contributed by atoms with Crippen LogP contribution >= 0.6 is 0 Å². The SMILES string of the molecule is CCc1ccc(C(=O)N(C)CCCN)o1. The highest BCUT2D eigenvalue weighted by Gasteiger charge is 2.14. The number of hydrogen-bond acceptors (Lipinski definition) is 3. The number of nitrogens with two attached hydrogens (primary N) is 1. The monoisotopic (exact) mass is 210 g/mol. The number of amides is 1. The Labute approximate surface area is 90.0 Å². The molecule has 0 atom stereocenters. The maximum atomic E-state index is 11.8. The molecule has 1 aromatic heterocycles. The van der Waals surface area contributed by atoms with Gasteiger partial charge in [-0.15, -0.1) is 0 Å². The van der Waals surface area contributed by atoms with Crippen LogP contribution in [0.3, 0.4) is 0 Å². The maximum Gasteiger partial charge on any atom is 0.289 e. The van der Waals surface area contributed by atoms with Crippen molar-refractivity contribution in [3.8, 4) is 0 Å². The Morgan fingerprint density at radius 1 is 1.53 bits per heavy atom. The lowest BCUT2D eigenvalue weighted by Crippen LogP contribution is -2.28. The minimum absolute atomic E-state index is 0.0804. The summed E-state index contributed by atoms with van der Waals surface area (Å²) >= 11 is 0. The van der Waals surface area contributed by atoms with Gasteiger partial charge in [0.1, 0.15) is 5.76 Å². The van der Waals surface area contributed by atoms with E-state index in [1.165, 1.54) is 0 Å². The molecule has 0 spiro atoms. The first-order valence-electron chi connectivity index (χ1n) is 5.23. The molecule has 0 saturated carbocycles. The van der Waals surface area contributed by atoms with E-state index in [1.807, 2.05) is 13.0 Å². The van der Waals surface area contributed by atoms with Gasteiger partial charge in [-0.25, -0.2) is 0 Å². The Morgan fingerprint density at radius 3 is 2.80 bits per heavy atom. The largest absolute Gasteiger partial charge is 0.456 e. The minimum atomic E-state index is -0.0804. The maximum absolute atomic E-state index is 11.8. The molecule has 0 aliphatic rings. The van der Waals surface area contributed by atoms with Crippen LogP contribution in [0.25, 0.3) is 0 Å². The second-order valence-corrected chi connectivity index (χ2v) is 3.49. The molecule has 84 valence electrons. The number of carbonyl (C=O) groups is 1. The molecule has 0 bridgehead atoms. The fourth-order valence-electron chi connectivity index (χ4n) is 1.30. The van der Waals surface area contributed by atoms with Crippen LogP contribution in [0.5, 0.6) is 0 Å². The molecule has 0 saturated heterocycles. The lowest BCUT2D eigenvalue weighted by atomic mass is 10.3. The molecule has 0 unspecified atom stereocenters. The van der Waals surface area contributed by atoms with Crippen LogP contribution in [0, 0.1) is 0 Å². The van der Waals surface area contributed by atoms with Gasteiger partial charge in [0.25, 0.3) is 5.91 Å². The number of rotatable bonds is 5. The molecule has 0 aliphatic heterocycles. The molecule has 0 fully saturated rings. The molecular weight excluding hydrogens is 192 g/mol. The Morgan fingerprint density at radius 2 is 2.27 bits per heavy atom. The third-order valence-corrected chi connectivity index (χ3v) is 2.27. The van der Waals surface area contributed by atoms with E-state index < -0.39 is 0 Å². The number of aryl methyl sites for hydroxylation is 1. The van der Waals surface area contributed by atoms with E-state index >= 15 is 0 Å². The number of carbonyl (C=O) groups excluding carboxylic acids is 1. The third kappa shape index (κ3) is 3.09. The Bertz CT molecular complexity index is 320. The molecule has 4 nitrogen and oxygen atoms in total. The molecule has 0 aliphatic carbocycles. The average Bonchev–Trinajstić information content (AvgIpc) is 2.73. The Kier molecular flexibility index (Phi) is 4.37. The zero-order valence-corrected chi connectivity index (χ0v) is 9.32. The van der Waals surface area contributed by atoms with Crippen molar-refractivity contribution in [1.82, 2.24) is 4.90 Å². The highest BCUT2D eigenvalue weighted by molar-refractivity contribution is 5.91. The predicted octanol–water partition coefficient (Wildman–Crippen LogP) is 1.26. The van der Waals surface area contributed by atoms with Crippen LogP contribution in [0.4, 0.5) is 0 Å². The van der Waals surface area contributed by atoms with Gasteiger partial charge in [0.15, 0.2) is 5.76 Å². The molecule has 15 heavy (non-hydrogen) atoms. The smallest absolute Gasteiger partial charge is 0.289 e. The van der Waals surface area contributed by atoms with Crippen molar-refractivity contribution in [3.05, 3.63) is 23.7 Å². The summed E-state index contributed by atoms with van der Waals surface area (Å²) in [7, 11) is 1.76. The first-order valence-corrected chi connectivity index (χ1v) is 5.23. The summed E-state index contributed by atoms with van der Waals surface area (Å²) in [6.07, 6.45) is 1.61. The molecule has 1 aromatic rings. The summed E-state index contributed by atoms with van der Waals surface area (Å²) < 4.78 is 5.37. The quantitative estimate of drug-likeness (QED) is 0.796. The van der Waals surface area contributed by atoms with Gasteiger partial charge in [0.2, 0.25) is 0 Å². The normalized spacial score (nSPS) is 10.3. The summed E-state index contributed by atoms with van der Waals surface area (Å²) in [6, 6.07) is 3.56. The van der Waals surface area contributed by atoms with E-state index in [0.29, 0.717) is 18.8 Å². The zero-order chi connectivity index (χ0) is 11.3. The second-order valence-electron chi connectivity index (χ2n) is 3.49. The van der Waals surface area contributed by atoms with Gasteiger partial charge in [0, 0.05) is 20.0 Å². The van der Waals surface area contributed by atoms with Crippen molar-refractivity contribution >= 4 is 5.91 Å². The zero-order valence-electron chi connectivity index (χ0n) is 9.32. The number of hydrogen-bond donors (Lipinski definition) is 1. The summed E-state index contributed by atoms with van der Waals surface area (Å²) in [5.74, 6) is 1.17. The lowest BCUT2D eigenvalue weighted by Gasteiger charge is -2.14. The van der Waals surface area contributed by atoms with Crippen LogP contribution in [-0.2, 0) is 6.42 Å². The fraction of sp³-hybridized carbons (Fsp3) is 0.545. The Balaban J connectivity index is 2.59. The average molecular weight is 210 g/mol. The van der Waals surface area contributed by atoms with Crippen LogP contribution in [0.1, 0.15) is 29.7 Å². The fourth-order valence-corrected chi connectivity index (χ4v) is 1.30. The van der Waals surface area contributed by atoms with Gasteiger partial charge < -0.3 is 15.1 Å². The lowest BCUT2D eigenvalue weighted by molar-refractivity contribution is 0.0761. The first kappa shape index (κ1) is 11.8. The van der Waals surface area contributed by atoms with Crippen LogP contribution in [0.15, 0.2) is 16.5 Å². The van der Waals surface area contributed by atoms with E-state index in [0.717, 1.165) is 18.6 Å². The van der Waals surface area contributed by atoms with Crippen LogP contribution < -0.4 is 5.73 Å². The molecule has 0 radical (unpaired) electrons. The van der Waals surface area contributed by atoms with E-state index in [-0.39, 0.29) is 5.91 Å². The van der Waals surface area contributed by atoms with Gasteiger partial charge in [-0.05, 0) is 25.1 Å².